The van der Waals surface area contributed by atoms with Gasteiger partial charge in [-0.3, -0.25) is 9.59 Å². The van der Waals surface area contributed by atoms with E-state index < -0.39 is 34.7 Å². The molecule has 0 fully saturated rings. The van der Waals surface area contributed by atoms with Crippen LogP contribution in [0.1, 0.15) is 20.8 Å². The van der Waals surface area contributed by atoms with Crippen LogP contribution >= 0.6 is 11.6 Å². The predicted octanol–water partition coefficient (Wildman–Crippen LogP) is 2.08. The third-order valence-corrected chi connectivity index (χ3v) is 3.52. The fraction of sp³-hybridized carbons (Fsp3) is 0.429. The Morgan fingerprint density at radius 1 is 1.27 bits per heavy atom. The first kappa shape index (κ1) is 18.3. The minimum Gasteiger partial charge on any atom is -0.388 e. The van der Waals surface area contributed by atoms with Crippen LogP contribution in [0.3, 0.4) is 0 Å². The summed E-state index contributed by atoms with van der Waals surface area (Å²) in [4.78, 5) is 23.2. The maximum Gasteiger partial charge on any atom is 0.313 e. The van der Waals surface area contributed by atoms with E-state index in [2.05, 4.69) is 5.32 Å². The predicted molar refractivity (Wildman–Crippen MR) is 78.5 cm³/mol. The summed E-state index contributed by atoms with van der Waals surface area (Å²) in [5, 5.41) is 13.8. The zero-order valence-corrected chi connectivity index (χ0v) is 13.1. The van der Waals surface area contributed by atoms with Crippen LogP contribution in [0.2, 0.25) is 5.02 Å². The Bertz CT molecular complexity index is 568. The highest BCUT2D eigenvalue weighted by Gasteiger charge is 2.27. The number of anilines is 1. The van der Waals surface area contributed by atoms with Crippen molar-refractivity contribution in [2.45, 2.75) is 26.4 Å². The van der Waals surface area contributed by atoms with Crippen LogP contribution in [0.25, 0.3) is 0 Å². The molecule has 1 aromatic rings. The van der Waals surface area contributed by atoms with Crippen LogP contribution < -0.4 is 10.6 Å². The number of hydrogen-bond donors (Lipinski definition) is 3. The second-order valence-corrected chi connectivity index (χ2v) is 5.83. The minimum atomic E-state index is -1.25. The molecule has 0 aromatic heterocycles. The van der Waals surface area contributed by atoms with Gasteiger partial charge < -0.3 is 15.7 Å². The van der Waals surface area contributed by atoms with Crippen molar-refractivity contribution in [3.05, 3.63) is 28.8 Å². The number of rotatable bonds is 4. The fourth-order valence-electron chi connectivity index (χ4n) is 1.38. The lowest BCUT2D eigenvalue weighted by Gasteiger charge is -2.27. The van der Waals surface area contributed by atoms with Gasteiger partial charge in [0.2, 0.25) is 0 Å². The van der Waals surface area contributed by atoms with E-state index in [0.29, 0.717) is 0 Å². The zero-order chi connectivity index (χ0) is 17.1. The molecule has 0 bridgehead atoms. The normalized spacial score (nSPS) is 13.6. The maximum atomic E-state index is 13.5. The van der Waals surface area contributed by atoms with Gasteiger partial charge in [-0.25, -0.2) is 8.78 Å². The monoisotopic (exact) mass is 334 g/mol. The number of nitrogens with one attached hydrogen (secondary N) is 2. The lowest BCUT2D eigenvalue weighted by molar-refractivity contribution is -0.137. The van der Waals surface area contributed by atoms with Gasteiger partial charge in [0.25, 0.3) is 0 Å². The number of carbonyl (C=O) groups is 2. The molecule has 8 heteroatoms. The quantitative estimate of drug-likeness (QED) is 0.738. The molecule has 0 heterocycles. The number of amides is 2. The number of aliphatic hydroxyl groups is 1. The lowest BCUT2D eigenvalue weighted by atomic mass is 9.92. The Kier molecular flexibility index (Phi) is 5.85. The van der Waals surface area contributed by atoms with Gasteiger partial charge in [-0.1, -0.05) is 25.4 Å². The van der Waals surface area contributed by atoms with Gasteiger partial charge in [-0.2, -0.15) is 0 Å². The first-order valence-corrected chi connectivity index (χ1v) is 6.88. The van der Waals surface area contributed by atoms with E-state index >= 15 is 0 Å². The summed E-state index contributed by atoms with van der Waals surface area (Å²) in [5.41, 5.74) is -1.98. The highest BCUT2D eigenvalue weighted by Crippen LogP contribution is 2.23. The Morgan fingerprint density at radius 3 is 2.23 bits per heavy atom. The van der Waals surface area contributed by atoms with Gasteiger partial charge in [0.15, 0.2) is 11.6 Å². The zero-order valence-electron chi connectivity index (χ0n) is 12.3. The van der Waals surface area contributed by atoms with Crippen LogP contribution in [-0.4, -0.2) is 29.1 Å². The van der Waals surface area contributed by atoms with E-state index in [0.717, 1.165) is 12.1 Å². The van der Waals surface area contributed by atoms with E-state index in [1.807, 2.05) is 5.32 Å². The average molecular weight is 335 g/mol. The molecule has 0 aliphatic carbocycles. The average Bonchev–Trinajstić information content (AvgIpc) is 2.39. The van der Waals surface area contributed by atoms with Gasteiger partial charge in [0.05, 0.1) is 5.60 Å². The minimum absolute atomic E-state index is 0.165. The van der Waals surface area contributed by atoms with E-state index in [4.69, 9.17) is 11.6 Å². The van der Waals surface area contributed by atoms with Crippen LogP contribution in [0.15, 0.2) is 12.1 Å². The third kappa shape index (κ3) is 4.64. The summed E-state index contributed by atoms with van der Waals surface area (Å²) in [6.45, 7) is 4.80. The summed E-state index contributed by atoms with van der Waals surface area (Å²) >= 11 is 5.45. The van der Waals surface area contributed by atoms with Gasteiger partial charge >= 0.3 is 11.8 Å². The molecular formula is C14H17ClF2N2O3. The standard InChI is InChI=1S/C14H17ClF2N2O3/c1-7(2)14(3,22)6-18-12(20)13(21)19-11-9(16)4-8(15)5-10(11)17/h4-5,7,22H,6H2,1-3H3,(H,18,20)(H,19,21). The molecule has 0 saturated heterocycles. The molecule has 22 heavy (non-hydrogen) atoms. The molecule has 0 aliphatic rings. The van der Waals surface area contributed by atoms with E-state index in [-0.39, 0.29) is 17.5 Å². The molecular weight excluding hydrogens is 318 g/mol. The topological polar surface area (TPSA) is 78.4 Å². The Hall–Kier alpha value is -1.73. The second-order valence-electron chi connectivity index (χ2n) is 5.39. The van der Waals surface area contributed by atoms with Crippen molar-refractivity contribution in [3.8, 4) is 0 Å². The Labute approximate surface area is 131 Å². The summed E-state index contributed by atoms with van der Waals surface area (Å²) in [6.07, 6.45) is 0. The van der Waals surface area contributed by atoms with E-state index in [1.54, 1.807) is 13.8 Å². The second kappa shape index (κ2) is 7.02. The van der Waals surface area contributed by atoms with Crippen molar-refractivity contribution >= 4 is 29.1 Å². The maximum absolute atomic E-state index is 13.5. The van der Waals surface area contributed by atoms with Crippen molar-refractivity contribution in [2.75, 3.05) is 11.9 Å². The van der Waals surface area contributed by atoms with Crippen LogP contribution in [0, 0.1) is 17.6 Å². The van der Waals surface area contributed by atoms with Crippen LogP contribution in [0.4, 0.5) is 14.5 Å². The molecule has 122 valence electrons. The molecule has 0 radical (unpaired) electrons. The fourth-order valence-corrected chi connectivity index (χ4v) is 1.57. The first-order valence-electron chi connectivity index (χ1n) is 6.50. The molecule has 3 N–H and O–H groups in total. The van der Waals surface area contributed by atoms with Crippen molar-refractivity contribution in [2.24, 2.45) is 5.92 Å². The van der Waals surface area contributed by atoms with Gasteiger partial charge in [-0.05, 0) is 25.0 Å². The molecule has 0 aliphatic heterocycles. The highest BCUT2D eigenvalue weighted by molar-refractivity contribution is 6.39. The molecule has 1 atom stereocenters. The van der Waals surface area contributed by atoms with Crippen molar-refractivity contribution < 1.29 is 23.5 Å². The van der Waals surface area contributed by atoms with Gasteiger partial charge in [0, 0.05) is 11.6 Å². The van der Waals surface area contributed by atoms with Crippen molar-refractivity contribution in [3.63, 3.8) is 0 Å². The number of carbonyl (C=O) groups excluding carboxylic acids is 2. The summed E-state index contributed by atoms with van der Waals surface area (Å²) < 4.78 is 27.0. The molecule has 1 aromatic carbocycles. The molecule has 1 unspecified atom stereocenters. The smallest absolute Gasteiger partial charge is 0.313 e. The van der Waals surface area contributed by atoms with Crippen LogP contribution in [0.5, 0.6) is 0 Å². The van der Waals surface area contributed by atoms with Gasteiger partial charge in [-0.15, -0.1) is 0 Å². The molecule has 1 rings (SSSR count). The van der Waals surface area contributed by atoms with E-state index in [9.17, 15) is 23.5 Å². The summed E-state index contributed by atoms with van der Waals surface area (Å²) in [5.74, 6) is -4.72. The molecule has 0 spiro atoms. The number of halogens is 3. The highest BCUT2D eigenvalue weighted by atomic mass is 35.5. The molecule has 2 amide bonds. The van der Waals surface area contributed by atoms with Crippen LogP contribution in [-0.2, 0) is 9.59 Å². The molecule has 5 nitrogen and oxygen atoms in total. The van der Waals surface area contributed by atoms with Crippen molar-refractivity contribution in [1.29, 1.82) is 0 Å². The Morgan fingerprint density at radius 2 is 1.77 bits per heavy atom. The van der Waals surface area contributed by atoms with Crippen molar-refractivity contribution in [1.82, 2.24) is 5.32 Å². The summed E-state index contributed by atoms with van der Waals surface area (Å²) in [7, 11) is 0. The number of hydrogen-bond acceptors (Lipinski definition) is 3. The SMILES string of the molecule is CC(C)C(C)(O)CNC(=O)C(=O)Nc1c(F)cc(Cl)cc1F. The third-order valence-electron chi connectivity index (χ3n) is 3.30. The Balaban J connectivity index is 2.72. The first-order chi connectivity index (χ1) is 10.0. The largest absolute Gasteiger partial charge is 0.388 e. The lowest BCUT2D eigenvalue weighted by Crippen LogP contribution is -2.47. The van der Waals surface area contributed by atoms with E-state index in [1.165, 1.54) is 6.92 Å². The molecule has 0 saturated carbocycles. The van der Waals surface area contributed by atoms with Gasteiger partial charge in [0.1, 0.15) is 5.69 Å². The number of benzene rings is 1. The summed E-state index contributed by atoms with van der Waals surface area (Å²) in [6, 6.07) is 1.61.